The number of carbonyl (C=O) groups is 1. The molecule has 0 saturated heterocycles. The number of hydrogen-bond donors (Lipinski definition) is 0. The number of thiazole rings is 1. The highest BCUT2D eigenvalue weighted by atomic mass is 32.1. The summed E-state index contributed by atoms with van der Waals surface area (Å²) in [4.78, 5) is 31.4. The monoisotopic (exact) mass is 548 g/mol. The average Bonchev–Trinajstić information content (AvgIpc) is 3.27. The van der Waals surface area contributed by atoms with Gasteiger partial charge in [-0.25, -0.2) is 9.79 Å². The number of esters is 1. The number of benzene rings is 2. The molecule has 2 aromatic carbocycles. The zero-order valence-corrected chi connectivity index (χ0v) is 22.9. The van der Waals surface area contributed by atoms with Crippen LogP contribution in [-0.2, 0) is 9.53 Å². The molecule has 0 bridgehead atoms. The van der Waals surface area contributed by atoms with E-state index in [2.05, 4.69) is 10.9 Å². The largest absolute Gasteiger partial charge is 0.493 e. The third kappa shape index (κ3) is 5.68. The molecule has 9 nitrogen and oxygen atoms in total. The molecule has 0 unspecified atom stereocenters. The lowest BCUT2D eigenvalue weighted by atomic mass is 9.97. The molecular weight excluding hydrogens is 520 g/mol. The second-order valence-corrected chi connectivity index (χ2v) is 9.16. The van der Waals surface area contributed by atoms with Gasteiger partial charge in [0, 0.05) is 6.20 Å². The zero-order chi connectivity index (χ0) is 27.9. The zero-order valence-electron chi connectivity index (χ0n) is 22.1. The first kappa shape index (κ1) is 27.5. The Bertz CT molecular complexity index is 1630. The van der Waals surface area contributed by atoms with Crippen LogP contribution in [0.15, 0.2) is 58.0 Å². The van der Waals surface area contributed by atoms with Gasteiger partial charge < -0.3 is 23.7 Å². The molecule has 3 aromatic rings. The number of rotatable bonds is 10. The summed E-state index contributed by atoms with van der Waals surface area (Å²) in [5, 5.41) is 0. The van der Waals surface area contributed by atoms with Gasteiger partial charge in [-0.3, -0.25) is 9.36 Å². The highest BCUT2D eigenvalue weighted by Gasteiger charge is 2.31. The molecule has 2 heterocycles. The van der Waals surface area contributed by atoms with Gasteiger partial charge in [0.15, 0.2) is 27.8 Å². The van der Waals surface area contributed by atoms with E-state index in [-0.39, 0.29) is 17.7 Å². The molecule has 202 valence electrons. The third-order valence-electron chi connectivity index (χ3n) is 5.80. The molecule has 1 aliphatic rings. The highest BCUT2D eigenvalue weighted by Crippen LogP contribution is 2.35. The van der Waals surface area contributed by atoms with Crippen molar-refractivity contribution in [3.63, 3.8) is 0 Å². The van der Waals surface area contributed by atoms with E-state index >= 15 is 0 Å². The Labute approximate surface area is 229 Å². The lowest BCUT2D eigenvalue weighted by molar-refractivity contribution is -0.136. The van der Waals surface area contributed by atoms with Gasteiger partial charge in [-0.1, -0.05) is 29.4 Å². The fourth-order valence-electron chi connectivity index (χ4n) is 4.15. The van der Waals surface area contributed by atoms with Crippen LogP contribution in [0.3, 0.4) is 0 Å². The van der Waals surface area contributed by atoms with Crippen LogP contribution in [0.1, 0.15) is 31.0 Å². The summed E-state index contributed by atoms with van der Waals surface area (Å²) in [7, 11) is 2.82. The summed E-state index contributed by atoms with van der Waals surface area (Å²) in [6.07, 6.45) is 8.47. The van der Waals surface area contributed by atoms with Crippen LogP contribution >= 0.6 is 11.3 Å². The van der Waals surface area contributed by atoms with Crippen molar-refractivity contribution in [2.24, 2.45) is 4.99 Å². The normalized spacial score (nSPS) is 14.4. The first-order valence-corrected chi connectivity index (χ1v) is 13.0. The number of hydrogen-bond acceptors (Lipinski definition) is 9. The molecule has 0 spiro atoms. The minimum absolute atomic E-state index is 0.105. The van der Waals surface area contributed by atoms with E-state index in [9.17, 15) is 9.59 Å². The van der Waals surface area contributed by atoms with E-state index in [4.69, 9.17) is 30.1 Å². The molecule has 0 fully saturated rings. The molecule has 0 radical (unpaired) electrons. The van der Waals surface area contributed by atoms with Crippen molar-refractivity contribution >= 4 is 23.4 Å². The third-order valence-corrected chi connectivity index (χ3v) is 6.80. The Morgan fingerprint density at radius 1 is 1.05 bits per heavy atom. The predicted octanol–water partition coefficient (Wildman–Crippen LogP) is 2.84. The van der Waals surface area contributed by atoms with E-state index in [1.807, 2.05) is 13.8 Å². The van der Waals surface area contributed by atoms with Crippen molar-refractivity contribution in [3.8, 4) is 35.3 Å². The number of aromatic nitrogens is 1. The van der Waals surface area contributed by atoms with Crippen molar-refractivity contribution in [1.82, 2.24) is 4.57 Å². The van der Waals surface area contributed by atoms with E-state index in [0.29, 0.717) is 56.7 Å². The van der Waals surface area contributed by atoms with Crippen LogP contribution in [0.25, 0.3) is 6.08 Å². The molecule has 0 amide bonds. The fraction of sp³-hybridized carbons (Fsp3) is 0.276. The lowest BCUT2D eigenvalue weighted by Crippen LogP contribution is -2.39. The molecule has 39 heavy (non-hydrogen) atoms. The molecule has 4 rings (SSSR count). The van der Waals surface area contributed by atoms with E-state index < -0.39 is 12.0 Å². The van der Waals surface area contributed by atoms with Crippen LogP contribution in [-0.4, -0.2) is 44.6 Å². The van der Waals surface area contributed by atoms with Gasteiger partial charge in [0.1, 0.15) is 6.61 Å². The van der Waals surface area contributed by atoms with Crippen LogP contribution < -0.4 is 33.8 Å². The smallest absolute Gasteiger partial charge is 0.337 e. The number of terminal acetylenes is 1. The number of fused-ring (bicyclic) bond motifs is 1. The Morgan fingerprint density at radius 2 is 1.77 bits per heavy atom. The molecule has 0 saturated carbocycles. The van der Waals surface area contributed by atoms with Crippen molar-refractivity contribution in [3.05, 3.63) is 79.0 Å². The first-order valence-electron chi connectivity index (χ1n) is 12.2. The topological polar surface area (TPSA) is 97.6 Å². The first-order chi connectivity index (χ1) is 18.9. The van der Waals surface area contributed by atoms with Crippen LogP contribution in [0.5, 0.6) is 23.0 Å². The quantitative estimate of drug-likeness (QED) is 0.284. The summed E-state index contributed by atoms with van der Waals surface area (Å²) in [5.41, 5.74) is 1.28. The number of ether oxygens (including phenoxy) is 5. The molecule has 1 atom stereocenters. The van der Waals surface area contributed by atoms with Gasteiger partial charge in [0.25, 0.3) is 5.56 Å². The predicted molar refractivity (Wildman–Crippen MR) is 147 cm³/mol. The second-order valence-electron chi connectivity index (χ2n) is 8.15. The molecule has 0 N–H and O–H groups in total. The van der Waals surface area contributed by atoms with Crippen molar-refractivity contribution in [2.75, 3.05) is 34.0 Å². The number of nitrogens with zero attached hydrogens (tertiary/aromatic N) is 2. The van der Waals surface area contributed by atoms with E-state index in [0.717, 1.165) is 0 Å². The average molecular weight is 549 g/mol. The maximum absolute atomic E-state index is 13.8. The van der Waals surface area contributed by atoms with E-state index in [1.165, 1.54) is 36.3 Å². The van der Waals surface area contributed by atoms with Gasteiger partial charge >= 0.3 is 5.97 Å². The Kier molecular flexibility index (Phi) is 8.74. The summed E-state index contributed by atoms with van der Waals surface area (Å²) < 4.78 is 29.4. The van der Waals surface area contributed by atoms with Crippen molar-refractivity contribution in [1.29, 1.82) is 0 Å². The van der Waals surface area contributed by atoms with Crippen molar-refractivity contribution in [2.45, 2.75) is 19.9 Å². The van der Waals surface area contributed by atoms with Crippen molar-refractivity contribution < 1.29 is 28.5 Å². The highest BCUT2D eigenvalue weighted by molar-refractivity contribution is 7.07. The van der Waals surface area contributed by atoms with Crippen LogP contribution in [0, 0.1) is 12.3 Å². The SMILES string of the molecule is C#CCOc1ccc(/C=c2\sc3n(c2=O)[C@H](c2ccc(OCC)c(OCC)c2)C(C(=O)OC)=CN=3)cc1OC. The summed E-state index contributed by atoms with van der Waals surface area (Å²) in [6, 6.07) is 9.85. The maximum Gasteiger partial charge on any atom is 0.337 e. The Hall–Kier alpha value is -4.49. The minimum Gasteiger partial charge on any atom is -0.493 e. The van der Waals surface area contributed by atoms with Crippen LogP contribution in [0.2, 0.25) is 0 Å². The summed E-state index contributed by atoms with van der Waals surface area (Å²) in [5.74, 6) is 3.90. The molecule has 10 heteroatoms. The second kappa shape index (κ2) is 12.4. The maximum atomic E-state index is 13.8. The number of methoxy groups -OCH3 is 2. The van der Waals surface area contributed by atoms with Crippen LogP contribution in [0.4, 0.5) is 0 Å². The summed E-state index contributed by atoms with van der Waals surface area (Å²) >= 11 is 1.21. The molecule has 0 aliphatic carbocycles. The minimum atomic E-state index is -0.778. The van der Waals surface area contributed by atoms with Gasteiger partial charge in [-0.05, 0) is 55.3 Å². The lowest BCUT2D eigenvalue weighted by Gasteiger charge is -2.23. The van der Waals surface area contributed by atoms with E-state index in [1.54, 1.807) is 42.5 Å². The fourth-order valence-corrected chi connectivity index (χ4v) is 5.12. The number of carbonyl (C=O) groups excluding carboxylic acids is 1. The molecule has 1 aliphatic heterocycles. The Morgan fingerprint density at radius 3 is 2.46 bits per heavy atom. The molecule has 1 aromatic heterocycles. The van der Waals surface area contributed by atoms with Gasteiger partial charge in [-0.2, -0.15) is 0 Å². The van der Waals surface area contributed by atoms with Gasteiger partial charge in [-0.15, -0.1) is 6.42 Å². The summed E-state index contributed by atoms with van der Waals surface area (Å²) in [6.45, 7) is 4.74. The Balaban J connectivity index is 1.85. The van der Waals surface area contributed by atoms with Gasteiger partial charge in [0.05, 0.1) is 43.6 Å². The molecular formula is C29H28N2O7S. The standard InChI is InChI=1S/C29H28N2O7S/c1-6-13-38-21-11-9-18(14-23(21)34-4)15-25-27(32)31-26(20(28(33)35-5)17-30-29(31)39-25)19-10-12-22(36-7-2)24(16-19)37-8-3/h1,9-12,14-17,26H,7-8,13H2,2-5H3/b25-15-/t26-/m1/s1. The van der Waals surface area contributed by atoms with Gasteiger partial charge in [0.2, 0.25) is 0 Å².